The van der Waals surface area contributed by atoms with Crippen molar-refractivity contribution in [3.63, 3.8) is 0 Å². The number of hydrogen-bond donors (Lipinski definition) is 2. The molecule has 6 rings (SSSR count). The summed E-state index contributed by atoms with van der Waals surface area (Å²) in [5.41, 5.74) is 0.854. The molecule has 49 heavy (non-hydrogen) atoms. The first-order chi connectivity index (χ1) is 23.8. The number of aliphatic hydroxyl groups excluding tert-OH is 1. The van der Waals surface area contributed by atoms with Gasteiger partial charge in [0, 0.05) is 18.6 Å². The lowest BCUT2D eigenvalue weighted by Gasteiger charge is -2.29. The first kappa shape index (κ1) is 34.7. The van der Waals surface area contributed by atoms with Gasteiger partial charge in [-0.2, -0.15) is 5.26 Å². The van der Waals surface area contributed by atoms with Crippen LogP contribution >= 0.6 is 19.4 Å². The van der Waals surface area contributed by atoms with Gasteiger partial charge in [0.1, 0.15) is 36.1 Å². The Labute approximate surface area is 285 Å². The number of fused-ring (bicyclic) bond motifs is 1. The lowest BCUT2D eigenvalue weighted by atomic mass is 10.1. The fourth-order valence-electron chi connectivity index (χ4n) is 5.30. The second-order valence-corrected chi connectivity index (χ2v) is 12.8. The summed E-state index contributed by atoms with van der Waals surface area (Å²) in [6.07, 6.45) is -1.36. The molecule has 4 aromatic rings. The summed E-state index contributed by atoms with van der Waals surface area (Å²) in [6, 6.07) is 14.7. The van der Waals surface area contributed by atoms with Crippen molar-refractivity contribution in [3.8, 4) is 17.6 Å². The Morgan fingerprint density at radius 1 is 1.18 bits per heavy atom. The molecule has 2 aromatic carbocycles. The van der Waals surface area contributed by atoms with Gasteiger partial charge < -0.3 is 33.9 Å². The third kappa shape index (κ3) is 7.85. The highest BCUT2D eigenvalue weighted by Crippen LogP contribution is 2.54. The molecule has 6 atom stereocenters. The van der Waals surface area contributed by atoms with Crippen LogP contribution in [0.5, 0.6) is 11.5 Å². The number of methoxy groups -OCH3 is 1. The number of aromatic nitrogens is 4. The Morgan fingerprint density at radius 2 is 2.00 bits per heavy atom. The molecule has 2 fully saturated rings. The predicted octanol–water partition coefficient (Wildman–Crippen LogP) is 4.65. The van der Waals surface area contributed by atoms with E-state index in [1.807, 2.05) is 6.07 Å². The topological polar surface area (TPSA) is 198 Å². The van der Waals surface area contributed by atoms with Crippen LogP contribution in [0.4, 0.5) is 5.82 Å². The quantitative estimate of drug-likeness (QED) is 0.135. The molecule has 0 radical (unpaired) electrons. The van der Waals surface area contributed by atoms with Crippen LogP contribution in [-0.2, 0) is 27.8 Å². The monoisotopic (exact) mass is 714 g/mol. The van der Waals surface area contributed by atoms with Crippen LogP contribution in [0.2, 0.25) is 5.02 Å². The number of imidazole rings is 1. The zero-order valence-electron chi connectivity index (χ0n) is 26.1. The number of nitriles is 1. The van der Waals surface area contributed by atoms with Crippen molar-refractivity contribution < 1.29 is 47.0 Å². The molecule has 1 amide bonds. The van der Waals surface area contributed by atoms with E-state index in [4.69, 9.17) is 49.4 Å². The fourth-order valence-corrected chi connectivity index (χ4v) is 6.96. The van der Waals surface area contributed by atoms with Crippen molar-refractivity contribution in [1.82, 2.24) is 19.5 Å². The van der Waals surface area contributed by atoms with Crippen LogP contribution in [0.15, 0.2) is 61.2 Å². The Bertz CT molecular complexity index is 1850. The van der Waals surface area contributed by atoms with Crippen LogP contribution in [-0.4, -0.2) is 82.1 Å². The van der Waals surface area contributed by atoms with Gasteiger partial charge in [-0.3, -0.25) is 18.4 Å². The molecule has 0 saturated carbocycles. The predicted molar refractivity (Wildman–Crippen MR) is 172 cm³/mol. The third-order valence-electron chi connectivity index (χ3n) is 7.64. The third-order valence-corrected chi connectivity index (χ3v) is 9.37. The van der Waals surface area contributed by atoms with E-state index < -0.39 is 51.2 Å². The van der Waals surface area contributed by atoms with Crippen molar-refractivity contribution in [2.45, 2.75) is 50.1 Å². The second-order valence-electron chi connectivity index (χ2n) is 10.8. The normalized spacial score (nSPS) is 23.2. The number of aliphatic hydroxyl groups is 1. The molecule has 18 heteroatoms. The molecule has 0 aliphatic carbocycles. The molecular formula is C31H32ClN6O10P. The van der Waals surface area contributed by atoms with Gasteiger partial charge in [-0.15, -0.1) is 0 Å². The van der Waals surface area contributed by atoms with Crippen molar-refractivity contribution in [3.05, 3.63) is 71.8 Å². The fraction of sp³-hybridized carbons (Fsp3) is 0.387. The average molecular weight is 715 g/mol. The van der Waals surface area contributed by atoms with Gasteiger partial charge in [-0.25, -0.2) is 19.5 Å². The first-order valence-corrected chi connectivity index (χ1v) is 17.1. The number of para-hydroxylation sites is 1. The number of halogens is 1. The number of ether oxygens (including phenoxy) is 4. The molecule has 2 aliphatic rings. The molecule has 16 nitrogen and oxygen atoms in total. The van der Waals surface area contributed by atoms with E-state index in [2.05, 4.69) is 20.3 Å². The number of rotatable bonds is 14. The van der Waals surface area contributed by atoms with Gasteiger partial charge in [-0.05, 0) is 42.8 Å². The summed E-state index contributed by atoms with van der Waals surface area (Å²) in [5, 5.41) is 22.4. The number of carbonyl (C=O) groups is 1. The number of nitrogens with zero attached hydrogens (tertiary/aromatic N) is 5. The largest absolute Gasteiger partial charge is 0.530 e. The minimum Gasteiger partial charge on any atom is -0.497 e. The number of phosphoric ester groups is 1. The van der Waals surface area contributed by atoms with Gasteiger partial charge in [0.25, 0.3) is 5.91 Å². The van der Waals surface area contributed by atoms with E-state index in [9.17, 15) is 14.5 Å². The van der Waals surface area contributed by atoms with Crippen LogP contribution < -0.4 is 14.6 Å². The molecule has 0 bridgehead atoms. The molecule has 2 aliphatic heterocycles. The van der Waals surface area contributed by atoms with E-state index in [0.717, 1.165) is 6.42 Å². The van der Waals surface area contributed by atoms with Gasteiger partial charge in [0.2, 0.25) is 0 Å². The van der Waals surface area contributed by atoms with Crippen molar-refractivity contribution in [2.75, 3.05) is 32.2 Å². The summed E-state index contributed by atoms with van der Waals surface area (Å²) < 4.78 is 56.5. The van der Waals surface area contributed by atoms with Crippen molar-refractivity contribution >= 4 is 42.3 Å². The maximum atomic E-state index is 14.2. The highest BCUT2D eigenvalue weighted by Gasteiger charge is 2.53. The molecule has 2 saturated heterocycles. The summed E-state index contributed by atoms with van der Waals surface area (Å²) in [6.45, 7) is -0.409. The number of benzene rings is 2. The lowest BCUT2D eigenvalue weighted by Crippen LogP contribution is -2.40. The number of amides is 1. The lowest BCUT2D eigenvalue weighted by molar-refractivity contribution is -0.180. The van der Waals surface area contributed by atoms with Gasteiger partial charge in [0.05, 0.1) is 44.2 Å². The average Bonchev–Trinajstić information content (AvgIpc) is 3.86. The van der Waals surface area contributed by atoms with Crippen LogP contribution in [0.3, 0.4) is 0 Å². The standard InChI is InChI=1S/C31H32ClN6O10P/c1-42-20-11-9-19(10-12-20)30(40)37-28-25-29(35-17-34-28)38(18-36-25)31-27(46-24-8-4-14-43-24)26(23(16-39)45-31)48-49(41,44-15-5-13-33)47-22-7-3-2-6-21(22)32/h2-3,6-7,9-12,17-18,23-24,26-27,31,39H,4-5,8,14-16H2,1H3,(H,34,35,37,40)/t23-,24?,26-,27-,31-,49?/m1/s1. The van der Waals surface area contributed by atoms with Gasteiger partial charge >= 0.3 is 7.82 Å². The second kappa shape index (κ2) is 15.6. The van der Waals surface area contributed by atoms with E-state index in [-0.39, 0.29) is 40.8 Å². The van der Waals surface area contributed by atoms with Crippen molar-refractivity contribution in [1.29, 1.82) is 5.26 Å². The summed E-state index contributed by atoms with van der Waals surface area (Å²) in [4.78, 5) is 26.1. The zero-order valence-corrected chi connectivity index (χ0v) is 27.7. The molecule has 2 unspecified atom stereocenters. The summed E-state index contributed by atoms with van der Waals surface area (Å²) in [5.74, 6) is 0.307. The van der Waals surface area contributed by atoms with Gasteiger partial charge in [0.15, 0.2) is 29.5 Å². The maximum absolute atomic E-state index is 14.2. The Hall–Kier alpha value is -4.17. The van der Waals surface area contributed by atoms with Crippen LogP contribution in [0.25, 0.3) is 11.2 Å². The molecule has 2 N–H and O–H groups in total. The van der Waals surface area contributed by atoms with Crippen molar-refractivity contribution in [2.24, 2.45) is 0 Å². The molecule has 0 spiro atoms. The Balaban J connectivity index is 1.32. The number of hydrogen-bond acceptors (Lipinski definition) is 14. The molecule has 258 valence electrons. The smallest absolute Gasteiger partial charge is 0.497 e. The summed E-state index contributed by atoms with van der Waals surface area (Å²) >= 11 is 6.27. The minimum absolute atomic E-state index is 0.0126. The van der Waals surface area contributed by atoms with E-state index >= 15 is 0 Å². The maximum Gasteiger partial charge on any atom is 0.530 e. The molecular weight excluding hydrogens is 683 g/mol. The first-order valence-electron chi connectivity index (χ1n) is 15.2. The number of phosphoric acid groups is 1. The van der Waals surface area contributed by atoms with Gasteiger partial charge in [-0.1, -0.05) is 23.7 Å². The molecule has 4 heterocycles. The van der Waals surface area contributed by atoms with E-state index in [1.165, 1.54) is 36.5 Å². The zero-order chi connectivity index (χ0) is 34.4. The highest BCUT2D eigenvalue weighted by molar-refractivity contribution is 7.49. The number of carbonyl (C=O) groups excluding carboxylic acids is 1. The Kier molecular flexibility index (Phi) is 11.0. The number of anilines is 1. The highest BCUT2D eigenvalue weighted by atomic mass is 35.5. The summed E-state index contributed by atoms with van der Waals surface area (Å²) in [7, 11) is -3.01. The SMILES string of the molecule is COc1ccc(C(=O)Nc2ncnc3c2ncn3[C@@H]2O[C@H](CO)[C@@H](OP(=O)(OCCC#N)Oc3ccccc3Cl)[C@H]2OC2CCCO2)cc1. The van der Waals surface area contributed by atoms with Crippen LogP contribution in [0, 0.1) is 11.3 Å². The Morgan fingerprint density at radius 3 is 2.71 bits per heavy atom. The minimum atomic E-state index is -4.54. The van der Waals surface area contributed by atoms with E-state index in [0.29, 0.717) is 24.3 Å². The van der Waals surface area contributed by atoms with E-state index in [1.54, 1.807) is 36.4 Å². The number of nitrogens with one attached hydrogen (secondary N) is 1. The molecule has 2 aromatic heterocycles. The van der Waals surface area contributed by atoms with Crippen LogP contribution in [0.1, 0.15) is 35.8 Å².